The summed E-state index contributed by atoms with van der Waals surface area (Å²) >= 11 is 0. The van der Waals surface area contributed by atoms with E-state index in [1.165, 1.54) is 6.08 Å². The Bertz CT molecular complexity index is 737. The van der Waals surface area contributed by atoms with Crippen LogP contribution in [-0.4, -0.2) is 50.6 Å². The molecule has 1 saturated heterocycles. The Morgan fingerprint density at radius 2 is 1.81 bits per heavy atom. The van der Waals surface area contributed by atoms with Gasteiger partial charge in [-0.2, -0.15) is 5.26 Å². The van der Waals surface area contributed by atoms with E-state index in [-0.39, 0.29) is 18.1 Å². The number of nitriles is 1. The zero-order valence-electron chi connectivity index (χ0n) is 16.4. The van der Waals surface area contributed by atoms with E-state index < -0.39 is 5.97 Å². The van der Waals surface area contributed by atoms with Gasteiger partial charge in [0.05, 0.1) is 0 Å². The van der Waals surface area contributed by atoms with Crippen LogP contribution in [0, 0.1) is 23.2 Å². The van der Waals surface area contributed by atoms with Gasteiger partial charge in [-0.1, -0.05) is 26.0 Å². The van der Waals surface area contributed by atoms with Crippen molar-refractivity contribution in [1.29, 1.82) is 5.26 Å². The van der Waals surface area contributed by atoms with Crippen LogP contribution in [0.5, 0.6) is 0 Å². The molecule has 0 aromatic heterocycles. The van der Waals surface area contributed by atoms with E-state index in [1.807, 2.05) is 49.3 Å². The highest BCUT2D eigenvalue weighted by atomic mass is 16.5. The summed E-state index contributed by atoms with van der Waals surface area (Å²) < 4.78 is 5.09. The number of carbonyl (C=O) groups excluding carboxylic acids is 2. The third-order valence-corrected chi connectivity index (χ3v) is 4.61. The number of rotatable bonds is 5. The van der Waals surface area contributed by atoms with Crippen molar-refractivity contribution in [2.24, 2.45) is 11.8 Å². The monoisotopic (exact) mass is 369 g/mol. The Morgan fingerprint density at radius 3 is 2.33 bits per heavy atom. The molecule has 1 aliphatic rings. The number of likely N-dealkylation sites (tertiary alicyclic amines) is 1. The number of piperidine rings is 1. The molecule has 1 aromatic rings. The van der Waals surface area contributed by atoms with Gasteiger partial charge >= 0.3 is 5.97 Å². The molecule has 2 atom stereocenters. The third kappa shape index (κ3) is 5.85. The summed E-state index contributed by atoms with van der Waals surface area (Å²) in [6.45, 7) is 5.25. The maximum Gasteiger partial charge on any atom is 0.349 e. The Balaban J connectivity index is 1.96. The number of hydrogen-bond donors (Lipinski definition) is 0. The molecule has 2 rings (SSSR count). The van der Waals surface area contributed by atoms with Crippen LogP contribution in [0.15, 0.2) is 29.8 Å². The highest BCUT2D eigenvalue weighted by molar-refractivity contribution is 5.98. The quantitative estimate of drug-likeness (QED) is 0.453. The molecule has 0 N–H and O–H groups in total. The molecule has 144 valence electrons. The first-order valence-corrected chi connectivity index (χ1v) is 9.14. The number of nitrogens with zero attached hydrogens (tertiary/aromatic N) is 3. The summed E-state index contributed by atoms with van der Waals surface area (Å²) in [4.78, 5) is 28.2. The summed E-state index contributed by atoms with van der Waals surface area (Å²) in [5, 5.41) is 9.26. The zero-order chi connectivity index (χ0) is 20.0. The Labute approximate surface area is 161 Å². The van der Waals surface area contributed by atoms with Crippen molar-refractivity contribution in [3.05, 3.63) is 35.4 Å². The second-order valence-electron chi connectivity index (χ2n) is 7.48. The minimum atomic E-state index is -0.777. The number of amides is 1. The molecule has 0 radical (unpaired) electrons. The van der Waals surface area contributed by atoms with Gasteiger partial charge in [0.2, 0.25) is 0 Å². The molecule has 0 saturated carbocycles. The second-order valence-corrected chi connectivity index (χ2v) is 7.48. The number of esters is 1. The maximum absolute atomic E-state index is 12.3. The second kappa shape index (κ2) is 9.22. The largest absolute Gasteiger partial charge is 0.451 e. The van der Waals surface area contributed by atoms with E-state index >= 15 is 0 Å². The molecule has 1 heterocycles. The number of benzene rings is 1. The van der Waals surface area contributed by atoms with E-state index in [4.69, 9.17) is 4.74 Å². The van der Waals surface area contributed by atoms with Gasteiger partial charge in [0, 0.05) is 32.9 Å². The fourth-order valence-corrected chi connectivity index (χ4v) is 3.34. The Hall–Kier alpha value is -2.81. The normalized spacial score (nSPS) is 20.0. The Morgan fingerprint density at radius 1 is 1.22 bits per heavy atom. The smallest absolute Gasteiger partial charge is 0.349 e. The molecular weight excluding hydrogens is 342 g/mol. The van der Waals surface area contributed by atoms with Crippen molar-refractivity contribution in [2.45, 2.75) is 20.3 Å². The van der Waals surface area contributed by atoms with Crippen LogP contribution in [-0.2, 0) is 14.3 Å². The molecule has 1 fully saturated rings. The van der Waals surface area contributed by atoms with E-state index in [1.54, 1.807) is 4.90 Å². The standard InChI is InChI=1S/C21H27N3O3/c1-15-9-16(2)13-24(12-15)20(25)14-27-21(26)18(11-22)10-17-5-7-19(8-6-17)23(3)4/h5-8,10,15-16H,9,12-14H2,1-4H3/b18-10-. The van der Waals surface area contributed by atoms with Crippen molar-refractivity contribution in [3.63, 3.8) is 0 Å². The summed E-state index contributed by atoms with van der Waals surface area (Å²) in [6, 6.07) is 9.29. The van der Waals surface area contributed by atoms with Crippen molar-refractivity contribution < 1.29 is 14.3 Å². The minimum absolute atomic E-state index is 0.124. The predicted octanol–water partition coefficient (Wildman–Crippen LogP) is 2.71. The van der Waals surface area contributed by atoms with Gasteiger partial charge in [-0.15, -0.1) is 0 Å². The average molecular weight is 369 g/mol. The van der Waals surface area contributed by atoms with E-state index in [9.17, 15) is 14.9 Å². The van der Waals surface area contributed by atoms with Crippen LogP contribution in [0.3, 0.4) is 0 Å². The molecule has 27 heavy (non-hydrogen) atoms. The SMILES string of the molecule is CC1CC(C)CN(C(=O)COC(=O)/C(C#N)=C\c2ccc(N(C)C)cc2)C1. The van der Waals surface area contributed by atoms with Crippen LogP contribution >= 0.6 is 0 Å². The van der Waals surface area contributed by atoms with Gasteiger partial charge in [-0.05, 0) is 42.0 Å². The number of anilines is 1. The summed E-state index contributed by atoms with van der Waals surface area (Å²) in [6.07, 6.45) is 2.56. The first-order chi connectivity index (χ1) is 12.8. The average Bonchev–Trinajstić information content (AvgIpc) is 2.63. The van der Waals surface area contributed by atoms with Gasteiger partial charge in [-0.3, -0.25) is 4.79 Å². The molecule has 1 aliphatic heterocycles. The summed E-state index contributed by atoms with van der Waals surface area (Å²) in [5.41, 5.74) is 1.61. The van der Waals surface area contributed by atoms with Gasteiger partial charge in [0.25, 0.3) is 5.91 Å². The molecular formula is C21H27N3O3. The first-order valence-electron chi connectivity index (χ1n) is 9.14. The predicted molar refractivity (Wildman–Crippen MR) is 105 cm³/mol. The maximum atomic E-state index is 12.3. The minimum Gasteiger partial charge on any atom is -0.451 e. The molecule has 6 nitrogen and oxygen atoms in total. The lowest BCUT2D eigenvalue weighted by molar-refractivity contribution is -0.149. The third-order valence-electron chi connectivity index (χ3n) is 4.61. The van der Waals surface area contributed by atoms with Gasteiger partial charge in [0.1, 0.15) is 11.6 Å². The van der Waals surface area contributed by atoms with Gasteiger partial charge in [0.15, 0.2) is 6.61 Å². The first kappa shape index (κ1) is 20.5. The lowest BCUT2D eigenvalue weighted by atomic mass is 9.92. The van der Waals surface area contributed by atoms with E-state index in [0.717, 1.165) is 17.7 Å². The van der Waals surface area contributed by atoms with Crippen molar-refractivity contribution in [1.82, 2.24) is 4.90 Å². The molecule has 0 bridgehead atoms. The highest BCUT2D eigenvalue weighted by Gasteiger charge is 2.26. The van der Waals surface area contributed by atoms with Crippen molar-refractivity contribution in [2.75, 3.05) is 38.7 Å². The lowest BCUT2D eigenvalue weighted by Crippen LogP contribution is -2.44. The number of hydrogen-bond acceptors (Lipinski definition) is 5. The van der Waals surface area contributed by atoms with E-state index in [2.05, 4.69) is 13.8 Å². The molecule has 1 amide bonds. The lowest BCUT2D eigenvalue weighted by Gasteiger charge is -2.34. The molecule has 1 aromatic carbocycles. The van der Waals surface area contributed by atoms with Crippen molar-refractivity contribution in [3.8, 4) is 6.07 Å². The molecule has 0 aliphatic carbocycles. The van der Waals surface area contributed by atoms with Gasteiger partial charge in [-0.25, -0.2) is 4.79 Å². The summed E-state index contributed by atoms with van der Waals surface area (Å²) in [7, 11) is 3.87. The van der Waals surface area contributed by atoms with Crippen LogP contribution < -0.4 is 4.90 Å². The van der Waals surface area contributed by atoms with Crippen molar-refractivity contribution >= 4 is 23.6 Å². The van der Waals surface area contributed by atoms with Crippen LogP contribution in [0.1, 0.15) is 25.8 Å². The molecule has 2 unspecified atom stereocenters. The number of ether oxygens (including phenoxy) is 1. The zero-order valence-corrected chi connectivity index (χ0v) is 16.4. The summed E-state index contributed by atoms with van der Waals surface area (Å²) in [5.74, 6) is -0.115. The highest BCUT2D eigenvalue weighted by Crippen LogP contribution is 2.21. The Kier molecular flexibility index (Phi) is 7.00. The molecule has 6 heteroatoms. The van der Waals surface area contributed by atoms with Gasteiger partial charge < -0.3 is 14.5 Å². The fraction of sp³-hybridized carbons (Fsp3) is 0.476. The number of carbonyl (C=O) groups is 2. The molecule has 0 spiro atoms. The van der Waals surface area contributed by atoms with Crippen LogP contribution in [0.25, 0.3) is 6.08 Å². The topological polar surface area (TPSA) is 73.6 Å². The fourth-order valence-electron chi connectivity index (χ4n) is 3.34. The van der Waals surface area contributed by atoms with E-state index in [0.29, 0.717) is 24.9 Å². The van der Waals surface area contributed by atoms with Crippen LogP contribution in [0.2, 0.25) is 0 Å². The van der Waals surface area contributed by atoms with Crippen LogP contribution in [0.4, 0.5) is 5.69 Å².